The molecule has 7 heteroatoms. The van der Waals surface area contributed by atoms with Crippen LogP contribution in [0.25, 0.3) is 10.9 Å². The molecule has 1 aliphatic carbocycles. The minimum Gasteiger partial charge on any atom is -0.361 e. The summed E-state index contributed by atoms with van der Waals surface area (Å²) in [4.78, 5) is 27.6. The van der Waals surface area contributed by atoms with Crippen molar-refractivity contribution >= 4 is 28.4 Å². The predicted octanol–water partition coefficient (Wildman–Crippen LogP) is 2.60. The SMILES string of the molecule is O=C(Cc1c[nH]c2ccccc12)Nc1cnn(CC(=O)NC2CCCC2)c1. The van der Waals surface area contributed by atoms with Gasteiger partial charge in [-0.05, 0) is 24.5 Å². The standard InChI is InChI=1S/C20H23N5O2/c26-19(9-14-10-21-18-8-4-3-7-17(14)18)24-16-11-22-25(12-16)13-20(27)23-15-5-1-2-6-15/h3-4,7-8,10-12,15,21H,1-2,5-6,9,13H2,(H,23,27)(H,24,26). The number of anilines is 1. The lowest BCUT2D eigenvalue weighted by Crippen LogP contribution is -2.35. The van der Waals surface area contributed by atoms with Gasteiger partial charge in [-0.3, -0.25) is 14.3 Å². The third-order valence-electron chi connectivity index (χ3n) is 4.97. The van der Waals surface area contributed by atoms with Crippen LogP contribution in [0.15, 0.2) is 42.9 Å². The van der Waals surface area contributed by atoms with E-state index in [2.05, 4.69) is 20.7 Å². The van der Waals surface area contributed by atoms with Crippen molar-refractivity contribution in [2.24, 2.45) is 0 Å². The van der Waals surface area contributed by atoms with Crippen LogP contribution in [0.2, 0.25) is 0 Å². The molecule has 1 saturated carbocycles. The number of amides is 2. The molecule has 0 radical (unpaired) electrons. The second-order valence-corrected chi connectivity index (χ2v) is 7.06. The van der Waals surface area contributed by atoms with Crippen LogP contribution < -0.4 is 10.6 Å². The molecule has 0 bridgehead atoms. The lowest BCUT2D eigenvalue weighted by Gasteiger charge is -2.11. The van der Waals surface area contributed by atoms with E-state index in [9.17, 15) is 9.59 Å². The number of carbonyl (C=O) groups excluding carboxylic acids is 2. The fourth-order valence-electron chi connectivity index (χ4n) is 3.66. The number of benzene rings is 1. The fourth-order valence-corrected chi connectivity index (χ4v) is 3.66. The molecule has 2 amide bonds. The summed E-state index contributed by atoms with van der Waals surface area (Å²) in [5, 5.41) is 11.1. The van der Waals surface area contributed by atoms with Crippen molar-refractivity contribution in [2.75, 3.05) is 5.32 Å². The Kier molecular flexibility index (Phi) is 4.91. The average molecular weight is 365 g/mol. The zero-order valence-corrected chi connectivity index (χ0v) is 15.1. The van der Waals surface area contributed by atoms with Crippen LogP contribution in [-0.4, -0.2) is 32.6 Å². The van der Waals surface area contributed by atoms with Crippen LogP contribution >= 0.6 is 0 Å². The molecule has 1 aliphatic rings. The molecule has 27 heavy (non-hydrogen) atoms. The summed E-state index contributed by atoms with van der Waals surface area (Å²) < 4.78 is 1.55. The number of H-pyrrole nitrogens is 1. The third-order valence-corrected chi connectivity index (χ3v) is 4.97. The first-order chi connectivity index (χ1) is 13.2. The number of carbonyl (C=O) groups is 2. The number of hydrogen-bond acceptors (Lipinski definition) is 3. The molecule has 1 aromatic carbocycles. The molecule has 0 aliphatic heterocycles. The van der Waals surface area contributed by atoms with Crippen LogP contribution in [0.4, 0.5) is 5.69 Å². The maximum Gasteiger partial charge on any atom is 0.241 e. The quantitative estimate of drug-likeness (QED) is 0.627. The molecular weight excluding hydrogens is 342 g/mol. The van der Waals surface area contributed by atoms with E-state index >= 15 is 0 Å². The molecule has 0 spiro atoms. The van der Waals surface area contributed by atoms with E-state index in [1.807, 2.05) is 30.5 Å². The van der Waals surface area contributed by atoms with Gasteiger partial charge in [0.05, 0.1) is 18.3 Å². The summed E-state index contributed by atoms with van der Waals surface area (Å²) in [6.07, 6.45) is 9.86. The second kappa shape index (κ2) is 7.65. The first-order valence-corrected chi connectivity index (χ1v) is 9.34. The Labute approximate surface area is 157 Å². The van der Waals surface area contributed by atoms with Crippen molar-refractivity contribution in [3.05, 3.63) is 48.4 Å². The van der Waals surface area contributed by atoms with Gasteiger partial charge in [-0.15, -0.1) is 0 Å². The van der Waals surface area contributed by atoms with Crippen LogP contribution in [0.1, 0.15) is 31.2 Å². The largest absolute Gasteiger partial charge is 0.361 e. The van der Waals surface area contributed by atoms with Gasteiger partial charge in [0.2, 0.25) is 11.8 Å². The summed E-state index contributed by atoms with van der Waals surface area (Å²) in [5.74, 6) is -0.156. The van der Waals surface area contributed by atoms with Crippen LogP contribution in [0.3, 0.4) is 0 Å². The van der Waals surface area contributed by atoms with Crippen molar-refractivity contribution in [1.29, 1.82) is 0 Å². The lowest BCUT2D eigenvalue weighted by atomic mass is 10.1. The van der Waals surface area contributed by atoms with E-state index in [1.54, 1.807) is 17.1 Å². The van der Waals surface area contributed by atoms with Gasteiger partial charge in [0.1, 0.15) is 6.54 Å². The molecular formula is C20H23N5O2. The number of para-hydroxylation sites is 1. The number of rotatable bonds is 6. The van der Waals surface area contributed by atoms with Gasteiger partial charge in [-0.2, -0.15) is 5.10 Å². The highest BCUT2D eigenvalue weighted by Gasteiger charge is 2.17. The molecule has 7 nitrogen and oxygen atoms in total. The van der Waals surface area contributed by atoms with Gasteiger partial charge in [-0.25, -0.2) is 0 Å². The van der Waals surface area contributed by atoms with E-state index in [0.29, 0.717) is 11.7 Å². The smallest absolute Gasteiger partial charge is 0.241 e. The first kappa shape index (κ1) is 17.3. The van der Waals surface area contributed by atoms with Crippen molar-refractivity contribution in [2.45, 2.75) is 44.7 Å². The number of nitrogens with one attached hydrogen (secondary N) is 3. The minimum atomic E-state index is -0.116. The monoisotopic (exact) mass is 365 g/mol. The van der Waals surface area contributed by atoms with E-state index in [4.69, 9.17) is 0 Å². The van der Waals surface area contributed by atoms with Crippen molar-refractivity contribution in [3.63, 3.8) is 0 Å². The predicted molar refractivity (Wildman–Crippen MR) is 103 cm³/mol. The summed E-state index contributed by atoms with van der Waals surface area (Å²) in [6, 6.07) is 8.19. The van der Waals surface area contributed by atoms with Crippen molar-refractivity contribution in [1.82, 2.24) is 20.1 Å². The van der Waals surface area contributed by atoms with Crippen LogP contribution in [0.5, 0.6) is 0 Å². The van der Waals surface area contributed by atoms with E-state index in [0.717, 1.165) is 29.3 Å². The Morgan fingerprint density at radius 3 is 2.85 bits per heavy atom. The van der Waals surface area contributed by atoms with Crippen LogP contribution in [-0.2, 0) is 22.6 Å². The number of fused-ring (bicyclic) bond motifs is 1. The molecule has 4 rings (SSSR count). The Bertz CT molecular complexity index is 952. The summed E-state index contributed by atoms with van der Waals surface area (Å²) in [6.45, 7) is 0.162. The van der Waals surface area contributed by atoms with Gasteiger partial charge in [-0.1, -0.05) is 31.0 Å². The highest BCUT2D eigenvalue weighted by atomic mass is 16.2. The summed E-state index contributed by atoms with van der Waals surface area (Å²) >= 11 is 0. The number of hydrogen-bond donors (Lipinski definition) is 3. The van der Waals surface area contributed by atoms with Gasteiger partial charge in [0.25, 0.3) is 0 Å². The molecule has 3 N–H and O–H groups in total. The topological polar surface area (TPSA) is 91.8 Å². The Morgan fingerprint density at radius 1 is 1.19 bits per heavy atom. The molecule has 140 valence electrons. The van der Waals surface area contributed by atoms with E-state index in [-0.39, 0.29) is 24.8 Å². The molecule has 0 atom stereocenters. The van der Waals surface area contributed by atoms with Gasteiger partial charge in [0.15, 0.2) is 0 Å². The van der Waals surface area contributed by atoms with E-state index < -0.39 is 0 Å². The molecule has 1 fully saturated rings. The first-order valence-electron chi connectivity index (χ1n) is 9.34. The molecule has 0 saturated heterocycles. The van der Waals surface area contributed by atoms with Crippen LogP contribution in [0, 0.1) is 0 Å². The minimum absolute atomic E-state index is 0.0401. The zero-order valence-electron chi connectivity index (χ0n) is 15.1. The molecule has 0 unspecified atom stereocenters. The Hall–Kier alpha value is -3.09. The number of aromatic nitrogens is 3. The van der Waals surface area contributed by atoms with Gasteiger partial charge >= 0.3 is 0 Å². The van der Waals surface area contributed by atoms with E-state index in [1.165, 1.54) is 12.8 Å². The highest BCUT2D eigenvalue weighted by molar-refractivity contribution is 5.95. The molecule has 2 heterocycles. The summed E-state index contributed by atoms with van der Waals surface area (Å²) in [5.41, 5.74) is 2.56. The number of nitrogens with zero attached hydrogens (tertiary/aromatic N) is 2. The van der Waals surface area contributed by atoms with Gasteiger partial charge in [0, 0.05) is 29.3 Å². The normalized spacial score (nSPS) is 14.5. The lowest BCUT2D eigenvalue weighted by molar-refractivity contribution is -0.122. The summed E-state index contributed by atoms with van der Waals surface area (Å²) in [7, 11) is 0. The number of aromatic amines is 1. The second-order valence-electron chi connectivity index (χ2n) is 7.06. The fraction of sp³-hybridized carbons (Fsp3) is 0.350. The molecule has 3 aromatic rings. The van der Waals surface area contributed by atoms with Crippen molar-refractivity contribution < 1.29 is 9.59 Å². The van der Waals surface area contributed by atoms with Gasteiger partial charge < -0.3 is 15.6 Å². The third kappa shape index (κ3) is 4.19. The average Bonchev–Trinajstić information content (AvgIpc) is 3.38. The maximum atomic E-state index is 12.3. The Balaban J connectivity index is 1.32. The van der Waals surface area contributed by atoms with Crippen molar-refractivity contribution in [3.8, 4) is 0 Å². The molecule has 2 aromatic heterocycles. The maximum absolute atomic E-state index is 12.3. The Morgan fingerprint density at radius 2 is 2.00 bits per heavy atom. The zero-order chi connectivity index (χ0) is 18.6. The highest BCUT2D eigenvalue weighted by Crippen LogP contribution is 2.19.